The highest BCUT2D eigenvalue weighted by atomic mass is 32.1. The largest absolute Gasteiger partial charge is 0.176 e. The minimum Gasteiger partial charge on any atom is -0.176 e. The van der Waals surface area contributed by atoms with E-state index in [0.717, 1.165) is 11.8 Å². The van der Waals surface area contributed by atoms with Crippen molar-refractivity contribution in [3.63, 3.8) is 0 Å². The van der Waals surface area contributed by atoms with Gasteiger partial charge in [0.2, 0.25) is 0 Å². The van der Waals surface area contributed by atoms with Gasteiger partial charge in [0.1, 0.15) is 0 Å². The Hall–Kier alpha value is 0.350. The fraction of sp³-hybridized carbons (Fsp3) is 1.00. The van der Waals surface area contributed by atoms with Gasteiger partial charge in [0, 0.05) is 5.25 Å². The Bertz CT molecular complexity index is 101. The maximum atomic E-state index is 4.49. The van der Waals surface area contributed by atoms with Crippen LogP contribution in [0.25, 0.3) is 0 Å². The second-order valence-electron chi connectivity index (χ2n) is 4.30. The summed E-state index contributed by atoms with van der Waals surface area (Å²) in [5.41, 5.74) is 0. The molecule has 0 aromatic heterocycles. The van der Waals surface area contributed by atoms with Crippen molar-refractivity contribution in [2.75, 3.05) is 0 Å². The molecule has 0 N–H and O–H groups in total. The number of rotatable bonds is 2. The highest BCUT2D eigenvalue weighted by molar-refractivity contribution is 7.80. The Morgan fingerprint density at radius 3 is 2.18 bits per heavy atom. The zero-order valence-electron chi connectivity index (χ0n) is 7.71. The molecule has 1 fully saturated rings. The van der Waals surface area contributed by atoms with Crippen LogP contribution in [0.5, 0.6) is 0 Å². The molecule has 0 unspecified atom stereocenters. The lowest BCUT2D eigenvalue weighted by Crippen LogP contribution is -2.15. The van der Waals surface area contributed by atoms with Crippen molar-refractivity contribution in [1.29, 1.82) is 0 Å². The molecule has 1 rings (SSSR count). The molecule has 1 saturated carbocycles. The van der Waals surface area contributed by atoms with Crippen LogP contribution in [0, 0.1) is 11.8 Å². The summed E-state index contributed by atoms with van der Waals surface area (Å²) in [6.07, 6.45) is 6.97. The molecule has 0 amide bonds. The van der Waals surface area contributed by atoms with Crippen LogP contribution in [0.2, 0.25) is 0 Å². The summed E-state index contributed by atoms with van der Waals surface area (Å²) >= 11 is 4.49. The number of hydrogen-bond acceptors (Lipinski definition) is 1. The molecule has 0 aliphatic heterocycles. The average Bonchev–Trinajstić information content (AvgIpc) is 1.93. The lowest BCUT2D eigenvalue weighted by Gasteiger charge is -2.26. The first kappa shape index (κ1) is 9.44. The second kappa shape index (κ2) is 4.39. The minimum absolute atomic E-state index is 0.707. The Balaban J connectivity index is 2.17. The van der Waals surface area contributed by atoms with E-state index in [9.17, 15) is 0 Å². The standard InChI is InChI=1S/C10H20S/c1-8(2)7-9-3-5-10(11)6-4-9/h8-11H,3-7H2,1-2H3. The normalized spacial score (nSPS) is 32.7. The molecular formula is C10H20S. The van der Waals surface area contributed by atoms with Gasteiger partial charge in [-0.15, -0.1) is 0 Å². The van der Waals surface area contributed by atoms with Crippen molar-refractivity contribution in [2.45, 2.75) is 51.2 Å². The lowest BCUT2D eigenvalue weighted by molar-refractivity contribution is 0.310. The summed E-state index contributed by atoms with van der Waals surface area (Å²) in [5.74, 6) is 1.90. The molecular weight excluding hydrogens is 152 g/mol. The van der Waals surface area contributed by atoms with E-state index in [1.807, 2.05) is 0 Å². The van der Waals surface area contributed by atoms with Crippen LogP contribution in [-0.4, -0.2) is 5.25 Å². The third-order valence-corrected chi connectivity index (χ3v) is 3.14. The first-order chi connectivity index (χ1) is 5.18. The Labute approximate surface area is 76.2 Å². The topological polar surface area (TPSA) is 0 Å². The average molecular weight is 172 g/mol. The summed E-state index contributed by atoms with van der Waals surface area (Å²) in [6, 6.07) is 0. The smallest absolute Gasteiger partial charge is 0.00170 e. The van der Waals surface area contributed by atoms with Gasteiger partial charge in [0.15, 0.2) is 0 Å². The van der Waals surface area contributed by atoms with E-state index < -0.39 is 0 Å². The lowest BCUT2D eigenvalue weighted by atomic mass is 9.83. The summed E-state index contributed by atoms with van der Waals surface area (Å²) in [4.78, 5) is 0. The van der Waals surface area contributed by atoms with Gasteiger partial charge in [-0.05, 0) is 43.9 Å². The third-order valence-electron chi connectivity index (χ3n) is 2.62. The van der Waals surface area contributed by atoms with E-state index in [1.165, 1.54) is 32.1 Å². The molecule has 1 aliphatic carbocycles. The summed E-state index contributed by atoms with van der Waals surface area (Å²) in [7, 11) is 0. The molecule has 0 nitrogen and oxygen atoms in total. The number of hydrogen-bond donors (Lipinski definition) is 1. The summed E-state index contributed by atoms with van der Waals surface area (Å²) < 4.78 is 0. The van der Waals surface area contributed by atoms with Crippen LogP contribution in [0.1, 0.15) is 46.0 Å². The molecule has 0 radical (unpaired) electrons. The zero-order valence-corrected chi connectivity index (χ0v) is 8.61. The molecule has 11 heavy (non-hydrogen) atoms. The van der Waals surface area contributed by atoms with Crippen molar-refractivity contribution in [2.24, 2.45) is 11.8 Å². The zero-order chi connectivity index (χ0) is 8.27. The van der Waals surface area contributed by atoms with Crippen molar-refractivity contribution in [3.8, 4) is 0 Å². The van der Waals surface area contributed by atoms with Gasteiger partial charge in [-0.3, -0.25) is 0 Å². The molecule has 1 heteroatoms. The van der Waals surface area contributed by atoms with Crippen LogP contribution >= 0.6 is 12.6 Å². The van der Waals surface area contributed by atoms with Crippen LogP contribution in [-0.2, 0) is 0 Å². The van der Waals surface area contributed by atoms with Gasteiger partial charge < -0.3 is 0 Å². The van der Waals surface area contributed by atoms with E-state index in [4.69, 9.17) is 0 Å². The van der Waals surface area contributed by atoms with Gasteiger partial charge in [-0.2, -0.15) is 12.6 Å². The number of thiol groups is 1. The van der Waals surface area contributed by atoms with Crippen LogP contribution in [0.15, 0.2) is 0 Å². The predicted octanol–water partition coefficient (Wildman–Crippen LogP) is 3.52. The molecule has 0 spiro atoms. The van der Waals surface area contributed by atoms with Gasteiger partial charge >= 0.3 is 0 Å². The summed E-state index contributed by atoms with van der Waals surface area (Å²) in [6.45, 7) is 4.65. The van der Waals surface area contributed by atoms with Crippen LogP contribution in [0.3, 0.4) is 0 Å². The quantitative estimate of drug-likeness (QED) is 0.605. The van der Waals surface area contributed by atoms with Crippen LogP contribution in [0.4, 0.5) is 0 Å². The van der Waals surface area contributed by atoms with Crippen molar-refractivity contribution in [1.82, 2.24) is 0 Å². The van der Waals surface area contributed by atoms with E-state index in [2.05, 4.69) is 26.5 Å². The Morgan fingerprint density at radius 2 is 1.73 bits per heavy atom. The molecule has 0 saturated heterocycles. The first-order valence-corrected chi connectivity index (χ1v) is 5.38. The highest BCUT2D eigenvalue weighted by Crippen LogP contribution is 2.31. The molecule has 1 aliphatic rings. The van der Waals surface area contributed by atoms with E-state index in [0.29, 0.717) is 5.25 Å². The van der Waals surface area contributed by atoms with E-state index in [-0.39, 0.29) is 0 Å². The van der Waals surface area contributed by atoms with E-state index in [1.54, 1.807) is 0 Å². The SMILES string of the molecule is CC(C)CC1CCC(S)CC1. The molecule has 0 aromatic rings. The molecule has 0 atom stereocenters. The minimum atomic E-state index is 0.707. The van der Waals surface area contributed by atoms with Crippen LogP contribution < -0.4 is 0 Å². The van der Waals surface area contributed by atoms with Gasteiger partial charge in [0.25, 0.3) is 0 Å². The fourth-order valence-corrected chi connectivity index (χ4v) is 2.35. The highest BCUT2D eigenvalue weighted by Gasteiger charge is 2.18. The summed E-state index contributed by atoms with van der Waals surface area (Å²) in [5, 5.41) is 0.707. The monoisotopic (exact) mass is 172 g/mol. The van der Waals surface area contributed by atoms with Crippen molar-refractivity contribution < 1.29 is 0 Å². The first-order valence-electron chi connectivity index (χ1n) is 4.86. The van der Waals surface area contributed by atoms with Crippen molar-refractivity contribution >= 4 is 12.6 Å². The van der Waals surface area contributed by atoms with Crippen molar-refractivity contribution in [3.05, 3.63) is 0 Å². The molecule has 0 bridgehead atoms. The molecule has 0 heterocycles. The van der Waals surface area contributed by atoms with E-state index >= 15 is 0 Å². The maximum absolute atomic E-state index is 4.49. The maximum Gasteiger partial charge on any atom is 0.00170 e. The van der Waals surface area contributed by atoms with Gasteiger partial charge in [-0.25, -0.2) is 0 Å². The molecule has 66 valence electrons. The van der Waals surface area contributed by atoms with Gasteiger partial charge in [0.05, 0.1) is 0 Å². The van der Waals surface area contributed by atoms with Gasteiger partial charge in [-0.1, -0.05) is 13.8 Å². The second-order valence-corrected chi connectivity index (χ2v) is 5.03. The Morgan fingerprint density at radius 1 is 1.18 bits per heavy atom. The fourth-order valence-electron chi connectivity index (χ4n) is 2.05. The predicted molar refractivity (Wildman–Crippen MR) is 54.2 cm³/mol. The Kier molecular flexibility index (Phi) is 3.77. The molecule has 0 aromatic carbocycles. The third kappa shape index (κ3) is 3.50.